The smallest absolute Gasteiger partial charge is 0.259 e. The molecule has 0 bridgehead atoms. The number of halogens is 1. The van der Waals surface area contributed by atoms with Gasteiger partial charge in [-0.25, -0.2) is 4.39 Å². The summed E-state index contributed by atoms with van der Waals surface area (Å²) in [6.45, 7) is 5.91. The molecule has 206 valence electrons. The van der Waals surface area contributed by atoms with Crippen molar-refractivity contribution in [1.29, 1.82) is 0 Å². The molecule has 4 aromatic rings. The number of pyridine rings is 1. The highest BCUT2D eigenvalue weighted by atomic mass is 19.1. The molecule has 0 atom stereocenters. The van der Waals surface area contributed by atoms with Crippen LogP contribution in [0.15, 0.2) is 53.5 Å². The fraction of sp³-hybridized carbons (Fsp3) is 0.355. The molecule has 1 aromatic heterocycles. The summed E-state index contributed by atoms with van der Waals surface area (Å²) in [5.74, 6) is -0.0548. The maximum absolute atomic E-state index is 15.8. The van der Waals surface area contributed by atoms with Crippen LogP contribution in [-0.2, 0) is 4.74 Å². The van der Waals surface area contributed by atoms with Gasteiger partial charge in [-0.2, -0.15) is 0 Å². The first kappa shape index (κ1) is 25.0. The molecular weight excluding hydrogens is 511 g/mol. The van der Waals surface area contributed by atoms with Crippen LogP contribution < -0.4 is 15.5 Å². The molecule has 0 spiro atoms. The number of anilines is 1. The van der Waals surface area contributed by atoms with E-state index in [4.69, 9.17) is 9.47 Å². The van der Waals surface area contributed by atoms with Crippen LogP contribution >= 0.6 is 0 Å². The normalized spacial score (nSPS) is 16.8. The molecular formula is C31H31FN4O4. The first-order valence-corrected chi connectivity index (χ1v) is 14.1. The van der Waals surface area contributed by atoms with Gasteiger partial charge in [-0.15, -0.1) is 0 Å². The Morgan fingerprint density at radius 3 is 2.60 bits per heavy atom. The van der Waals surface area contributed by atoms with Crippen LogP contribution in [0, 0.1) is 5.82 Å². The summed E-state index contributed by atoms with van der Waals surface area (Å²) >= 11 is 0. The van der Waals surface area contributed by atoms with Gasteiger partial charge in [0.1, 0.15) is 16.8 Å². The minimum Gasteiger partial charge on any atom is -0.450 e. The molecule has 1 amide bonds. The van der Waals surface area contributed by atoms with E-state index < -0.39 is 11.2 Å². The lowest BCUT2D eigenvalue weighted by molar-refractivity contribution is 0.0378. The zero-order valence-corrected chi connectivity index (χ0v) is 22.2. The summed E-state index contributed by atoms with van der Waals surface area (Å²) < 4.78 is 29.5. The molecule has 0 unspecified atom stereocenters. The summed E-state index contributed by atoms with van der Waals surface area (Å²) in [4.78, 5) is 31.1. The van der Waals surface area contributed by atoms with E-state index >= 15 is 4.39 Å². The van der Waals surface area contributed by atoms with Gasteiger partial charge in [0.25, 0.3) is 5.91 Å². The zero-order valence-electron chi connectivity index (χ0n) is 22.2. The van der Waals surface area contributed by atoms with Gasteiger partial charge < -0.3 is 24.3 Å². The van der Waals surface area contributed by atoms with Crippen LogP contribution in [0.4, 0.5) is 10.1 Å². The molecule has 3 aliphatic rings. The number of rotatable bonds is 6. The fourth-order valence-corrected chi connectivity index (χ4v) is 6.09. The molecule has 4 heterocycles. The molecule has 3 aliphatic heterocycles. The SMILES string of the molecule is O=C(c1cn2c3c(c(NCCCN4CCOCC4)c(F)cc3c1=O)Oc1c-2ccc2ccccc12)N1CCCC1. The van der Waals surface area contributed by atoms with Gasteiger partial charge >= 0.3 is 0 Å². The van der Waals surface area contributed by atoms with Crippen molar-refractivity contribution in [3.8, 4) is 17.2 Å². The van der Waals surface area contributed by atoms with Gasteiger partial charge in [0.05, 0.1) is 24.3 Å². The average Bonchev–Trinajstić information content (AvgIpc) is 3.53. The molecule has 9 heteroatoms. The van der Waals surface area contributed by atoms with E-state index in [1.165, 1.54) is 6.07 Å². The number of ether oxygens (including phenoxy) is 2. The van der Waals surface area contributed by atoms with Gasteiger partial charge in [-0.05, 0) is 43.3 Å². The number of fused-ring (bicyclic) bond motifs is 4. The third-order valence-corrected chi connectivity index (χ3v) is 8.20. The Kier molecular flexibility index (Phi) is 6.40. The van der Waals surface area contributed by atoms with Crippen molar-refractivity contribution in [3.63, 3.8) is 0 Å². The Morgan fingerprint density at radius 1 is 0.975 bits per heavy atom. The quantitative estimate of drug-likeness (QED) is 0.312. The minimum absolute atomic E-state index is 0.0481. The number of benzene rings is 3. The van der Waals surface area contributed by atoms with Crippen LogP contribution in [0.5, 0.6) is 11.5 Å². The minimum atomic E-state index is -0.577. The van der Waals surface area contributed by atoms with E-state index in [0.717, 1.165) is 62.9 Å². The number of aromatic nitrogens is 1. The molecule has 3 aromatic carbocycles. The van der Waals surface area contributed by atoms with Crippen molar-refractivity contribution >= 4 is 33.3 Å². The molecule has 0 radical (unpaired) electrons. The van der Waals surface area contributed by atoms with Gasteiger partial charge in [-0.1, -0.05) is 30.3 Å². The Morgan fingerprint density at radius 2 is 1.77 bits per heavy atom. The van der Waals surface area contributed by atoms with Crippen LogP contribution in [0.3, 0.4) is 0 Å². The van der Waals surface area contributed by atoms with Gasteiger partial charge in [0.2, 0.25) is 5.43 Å². The number of hydrogen-bond donors (Lipinski definition) is 1. The fourth-order valence-electron chi connectivity index (χ4n) is 6.09. The summed E-state index contributed by atoms with van der Waals surface area (Å²) in [5, 5.41) is 5.24. The van der Waals surface area contributed by atoms with Gasteiger partial charge in [0.15, 0.2) is 17.3 Å². The molecule has 8 nitrogen and oxygen atoms in total. The van der Waals surface area contributed by atoms with Crippen molar-refractivity contribution in [2.75, 3.05) is 57.8 Å². The van der Waals surface area contributed by atoms with Crippen LogP contribution in [0.2, 0.25) is 0 Å². The Balaban J connectivity index is 1.35. The maximum Gasteiger partial charge on any atom is 0.259 e. The van der Waals surface area contributed by atoms with Crippen LogP contribution in [-0.4, -0.2) is 72.8 Å². The highest BCUT2D eigenvalue weighted by molar-refractivity contribution is 6.03. The van der Waals surface area contributed by atoms with Gasteiger partial charge in [0, 0.05) is 44.3 Å². The molecule has 1 N–H and O–H groups in total. The van der Waals surface area contributed by atoms with Crippen LogP contribution in [0.25, 0.3) is 27.4 Å². The zero-order chi connectivity index (χ0) is 27.2. The molecule has 0 aliphatic carbocycles. The second-order valence-corrected chi connectivity index (χ2v) is 10.7. The average molecular weight is 543 g/mol. The number of hydrogen-bond acceptors (Lipinski definition) is 6. The molecule has 2 fully saturated rings. The Bertz CT molecular complexity index is 1690. The number of amides is 1. The van der Waals surface area contributed by atoms with Crippen molar-refractivity contribution in [2.24, 2.45) is 0 Å². The highest BCUT2D eigenvalue weighted by Gasteiger charge is 2.31. The monoisotopic (exact) mass is 542 g/mol. The lowest BCUT2D eigenvalue weighted by atomic mass is 10.0. The van der Waals surface area contributed by atoms with E-state index in [2.05, 4.69) is 10.2 Å². The number of carbonyl (C=O) groups excluding carboxylic acids is 1. The lowest BCUT2D eigenvalue weighted by Gasteiger charge is -2.28. The summed E-state index contributed by atoms with van der Waals surface area (Å²) in [6.07, 6.45) is 4.25. The maximum atomic E-state index is 15.8. The van der Waals surface area contributed by atoms with Gasteiger partial charge in [-0.3, -0.25) is 14.5 Å². The third-order valence-electron chi connectivity index (χ3n) is 8.20. The Hall–Kier alpha value is -3.95. The first-order valence-electron chi connectivity index (χ1n) is 14.1. The Labute approximate surface area is 230 Å². The second kappa shape index (κ2) is 10.2. The van der Waals surface area contributed by atoms with E-state index in [-0.39, 0.29) is 28.3 Å². The van der Waals surface area contributed by atoms with Crippen LogP contribution in [0.1, 0.15) is 29.6 Å². The number of likely N-dealkylation sites (tertiary alicyclic amines) is 1. The van der Waals surface area contributed by atoms with Crippen molar-refractivity contribution in [3.05, 3.63) is 70.3 Å². The topological polar surface area (TPSA) is 76.0 Å². The number of nitrogens with zero attached hydrogens (tertiary/aromatic N) is 3. The standard InChI is InChI=1S/C31H31FN4O4/c32-24-18-22-27-30(26(24)33-10-5-11-34-14-16-39-17-15-34)40-29-21-7-2-1-6-20(21)8-9-25(29)36(27)19-23(28(22)37)31(38)35-12-3-4-13-35/h1-2,6-9,18-19,33H,3-5,10-17H2. The highest BCUT2D eigenvalue weighted by Crippen LogP contribution is 2.47. The molecule has 7 rings (SSSR count). The first-order chi connectivity index (χ1) is 19.6. The second-order valence-electron chi connectivity index (χ2n) is 10.7. The van der Waals surface area contributed by atoms with E-state index in [1.807, 2.05) is 41.0 Å². The molecule has 0 saturated carbocycles. The largest absolute Gasteiger partial charge is 0.450 e. The van der Waals surface area contributed by atoms with Crippen molar-refractivity contribution in [2.45, 2.75) is 19.3 Å². The summed E-state index contributed by atoms with van der Waals surface area (Å²) in [5.41, 5.74) is 0.959. The van der Waals surface area contributed by atoms with E-state index in [1.54, 1.807) is 11.1 Å². The van der Waals surface area contributed by atoms with E-state index in [0.29, 0.717) is 36.6 Å². The molecule has 40 heavy (non-hydrogen) atoms. The number of nitrogens with one attached hydrogen (secondary N) is 1. The van der Waals surface area contributed by atoms with Crippen molar-refractivity contribution < 1.29 is 18.7 Å². The molecule has 2 saturated heterocycles. The van der Waals surface area contributed by atoms with E-state index in [9.17, 15) is 9.59 Å². The number of morpholine rings is 1. The predicted molar refractivity (Wildman–Crippen MR) is 153 cm³/mol. The summed E-state index contributed by atoms with van der Waals surface area (Å²) in [7, 11) is 0. The third kappa shape index (κ3) is 4.20. The lowest BCUT2D eigenvalue weighted by Crippen LogP contribution is -2.37. The predicted octanol–water partition coefficient (Wildman–Crippen LogP) is 4.76. The number of carbonyl (C=O) groups is 1. The summed E-state index contributed by atoms with van der Waals surface area (Å²) in [6, 6.07) is 13.0. The van der Waals surface area contributed by atoms with Crippen molar-refractivity contribution in [1.82, 2.24) is 14.4 Å².